The molecular weight excluding hydrogens is 244 g/mol. The number of likely N-dealkylation sites (tertiary alicyclic amines) is 1. The molecule has 1 aliphatic heterocycles. The number of rotatable bonds is 2. The molecule has 2 fully saturated rings. The molecule has 0 radical (unpaired) electrons. The summed E-state index contributed by atoms with van der Waals surface area (Å²) < 4.78 is 0. The first-order valence-corrected chi connectivity index (χ1v) is 6.74. The van der Waals surface area contributed by atoms with E-state index in [1.54, 1.807) is 14.1 Å². The van der Waals surface area contributed by atoms with Gasteiger partial charge in [0.05, 0.1) is 11.8 Å². The standard InChI is InChI=1S/C14H18N2O3/c1-15(2)10(17)7-16-13(18)11-8-3-4-9(6-5-8)12(11)14(16)19/h3-4,8-9,11-12H,5-7H2,1-2H3/t8-,9-,11-,12+/m0/s1. The lowest BCUT2D eigenvalue weighted by Crippen LogP contribution is -2.40. The van der Waals surface area contributed by atoms with E-state index in [1.807, 2.05) is 0 Å². The number of nitrogens with zero attached hydrogens (tertiary/aromatic N) is 2. The van der Waals surface area contributed by atoms with E-state index in [9.17, 15) is 14.4 Å². The van der Waals surface area contributed by atoms with Crippen LogP contribution < -0.4 is 0 Å². The van der Waals surface area contributed by atoms with Crippen molar-refractivity contribution >= 4 is 17.7 Å². The Morgan fingerprint density at radius 2 is 1.63 bits per heavy atom. The van der Waals surface area contributed by atoms with Gasteiger partial charge < -0.3 is 4.90 Å². The summed E-state index contributed by atoms with van der Waals surface area (Å²) in [4.78, 5) is 39.1. The number of allylic oxidation sites excluding steroid dienone is 2. The van der Waals surface area contributed by atoms with Gasteiger partial charge in [-0.2, -0.15) is 0 Å². The maximum Gasteiger partial charge on any atom is 0.242 e. The number of hydrogen-bond acceptors (Lipinski definition) is 3. The van der Waals surface area contributed by atoms with Gasteiger partial charge in [-0.25, -0.2) is 0 Å². The van der Waals surface area contributed by atoms with Gasteiger partial charge >= 0.3 is 0 Å². The van der Waals surface area contributed by atoms with E-state index < -0.39 is 0 Å². The number of fused-ring (bicyclic) bond motifs is 1. The summed E-state index contributed by atoms with van der Waals surface area (Å²) >= 11 is 0. The Morgan fingerprint density at radius 3 is 2.00 bits per heavy atom. The van der Waals surface area contributed by atoms with E-state index in [0.717, 1.165) is 12.8 Å². The van der Waals surface area contributed by atoms with Gasteiger partial charge in [0, 0.05) is 14.1 Å². The molecule has 4 rings (SSSR count). The average molecular weight is 262 g/mol. The van der Waals surface area contributed by atoms with Gasteiger partial charge in [-0.1, -0.05) is 12.2 Å². The third-order valence-corrected chi connectivity index (χ3v) is 4.64. The fourth-order valence-corrected chi connectivity index (χ4v) is 3.57. The minimum atomic E-state index is -0.216. The highest BCUT2D eigenvalue weighted by Gasteiger charge is 2.56. The van der Waals surface area contributed by atoms with Gasteiger partial charge in [-0.3, -0.25) is 19.3 Å². The summed E-state index contributed by atoms with van der Waals surface area (Å²) in [6, 6.07) is 0. The van der Waals surface area contributed by atoms with Crippen molar-refractivity contribution in [3.8, 4) is 0 Å². The molecule has 1 heterocycles. The Hall–Kier alpha value is -1.65. The second-order valence-corrected chi connectivity index (χ2v) is 5.89. The molecule has 3 amide bonds. The highest BCUT2D eigenvalue weighted by atomic mass is 16.2. The predicted octanol–water partition coefficient (Wildman–Crippen LogP) is 0.272. The topological polar surface area (TPSA) is 57.7 Å². The van der Waals surface area contributed by atoms with Crippen molar-refractivity contribution < 1.29 is 14.4 Å². The molecule has 4 atom stereocenters. The van der Waals surface area contributed by atoms with Crippen LogP contribution in [0.3, 0.4) is 0 Å². The number of carbonyl (C=O) groups is 3. The third kappa shape index (κ3) is 1.71. The zero-order valence-electron chi connectivity index (χ0n) is 11.2. The second-order valence-electron chi connectivity index (χ2n) is 5.89. The summed E-state index contributed by atoms with van der Waals surface area (Å²) in [5.74, 6) is -0.566. The molecule has 0 aromatic heterocycles. The van der Waals surface area contributed by atoms with Crippen LogP contribution in [0.25, 0.3) is 0 Å². The molecule has 3 aliphatic carbocycles. The molecule has 5 nitrogen and oxygen atoms in total. The molecule has 0 spiro atoms. The van der Waals surface area contributed by atoms with Crippen molar-refractivity contribution in [2.45, 2.75) is 12.8 Å². The molecule has 0 N–H and O–H groups in total. The van der Waals surface area contributed by atoms with Crippen LogP contribution in [-0.2, 0) is 14.4 Å². The molecule has 4 aliphatic rings. The summed E-state index contributed by atoms with van der Waals surface area (Å²) in [5, 5.41) is 0. The molecule has 5 heteroatoms. The van der Waals surface area contributed by atoms with E-state index in [-0.39, 0.29) is 47.9 Å². The lowest BCUT2D eigenvalue weighted by molar-refractivity contribution is -0.145. The fraction of sp³-hybridized carbons (Fsp3) is 0.643. The van der Waals surface area contributed by atoms with Crippen molar-refractivity contribution in [1.29, 1.82) is 0 Å². The van der Waals surface area contributed by atoms with E-state index in [4.69, 9.17) is 0 Å². The molecule has 19 heavy (non-hydrogen) atoms. The first-order chi connectivity index (χ1) is 9.00. The largest absolute Gasteiger partial charge is 0.347 e. The van der Waals surface area contributed by atoms with E-state index >= 15 is 0 Å². The molecular formula is C14H18N2O3. The van der Waals surface area contributed by atoms with Gasteiger partial charge in [0.2, 0.25) is 17.7 Å². The lowest BCUT2D eigenvalue weighted by atomic mass is 9.63. The Balaban J connectivity index is 1.85. The average Bonchev–Trinajstić information content (AvgIpc) is 2.67. The molecule has 102 valence electrons. The van der Waals surface area contributed by atoms with Gasteiger partial charge in [0.15, 0.2) is 0 Å². The first-order valence-electron chi connectivity index (χ1n) is 6.74. The molecule has 0 aromatic carbocycles. The van der Waals surface area contributed by atoms with E-state index in [0.29, 0.717) is 0 Å². The zero-order chi connectivity index (χ0) is 13.7. The van der Waals surface area contributed by atoms with Crippen LogP contribution >= 0.6 is 0 Å². The summed E-state index contributed by atoms with van der Waals surface area (Å²) in [6.45, 7) is -0.114. The van der Waals surface area contributed by atoms with Gasteiger partial charge in [0.25, 0.3) is 0 Å². The normalized spacial score (nSPS) is 35.8. The van der Waals surface area contributed by atoms with Crippen molar-refractivity contribution in [3.05, 3.63) is 12.2 Å². The van der Waals surface area contributed by atoms with E-state index in [2.05, 4.69) is 12.2 Å². The van der Waals surface area contributed by atoms with Crippen LogP contribution in [0.4, 0.5) is 0 Å². The summed E-state index contributed by atoms with van der Waals surface area (Å²) in [5.41, 5.74) is 0. The highest BCUT2D eigenvalue weighted by molar-refractivity contribution is 6.08. The molecule has 0 unspecified atom stereocenters. The minimum absolute atomic E-state index is 0.114. The van der Waals surface area contributed by atoms with Crippen molar-refractivity contribution in [3.63, 3.8) is 0 Å². The van der Waals surface area contributed by atoms with Gasteiger partial charge in [-0.05, 0) is 24.7 Å². The zero-order valence-corrected chi connectivity index (χ0v) is 11.2. The van der Waals surface area contributed by atoms with Gasteiger partial charge in [0.1, 0.15) is 6.54 Å². The van der Waals surface area contributed by atoms with Crippen LogP contribution in [0.1, 0.15) is 12.8 Å². The number of amides is 3. The number of carbonyl (C=O) groups excluding carboxylic acids is 3. The highest BCUT2D eigenvalue weighted by Crippen LogP contribution is 2.49. The minimum Gasteiger partial charge on any atom is -0.347 e. The maximum absolute atomic E-state index is 12.4. The van der Waals surface area contributed by atoms with Crippen LogP contribution in [0.2, 0.25) is 0 Å². The molecule has 1 saturated carbocycles. The quantitative estimate of drug-likeness (QED) is 0.530. The Bertz CT molecular complexity index is 451. The smallest absolute Gasteiger partial charge is 0.242 e. The Morgan fingerprint density at radius 1 is 1.16 bits per heavy atom. The van der Waals surface area contributed by atoms with E-state index in [1.165, 1.54) is 9.80 Å². The monoisotopic (exact) mass is 262 g/mol. The Labute approximate surface area is 112 Å². The number of likely N-dealkylation sites (N-methyl/N-ethyl adjacent to an activating group) is 1. The van der Waals surface area contributed by atoms with Crippen LogP contribution in [0.15, 0.2) is 12.2 Å². The Kier molecular flexibility index (Phi) is 2.73. The second kappa shape index (κ2) is 4.18. The lowest BCUT2D eigenvalue weighted by Gasteiger charge is -2.38. The van der Waals surface area contributed by atoms with Gasteiger partial charge in [-0.15, -0.1) is 0 Å². The fourth-order valence-electron chi connectivity index (χ4n) is 3.57. The molecule has 0 aromatic rings. The van der Waals surface area contributed by atoms with Crippen LogP contribution in [0.5, 0.6) is 0 Å². The third-order valence-electron chi connectivity index (χ3n) is 4.64. The number of hydrogen-bond donors (Lipinski definition) is 0. The van der Waals surface area contributed by atoms with Crippen LogP contribution in [-0.4, -0.2) is 48.2 Å². The van der Waals surface area contributed by atoms with Crippen molar-refractivity contribution in [2.24, 2.45) is 23.7 Å². The SMILES string of the molecule is CN(C)C(=O)CN1C(=O)[C@@H]2[C@H](C1=O)[C@H]1C=C[C@H]2CC1. The van der Waals surface area contributed by atoms with Crippen molar-refractivity contribution in [2.75, 3.05) is 20.6 Å². The number of imide groups is 1. The van der Waals surface area contributed by atoms with Crippen LogP contribution in [0, 0.1) is 23.7 Å². The molecule has 2 bridgehead atoms. The predicted molar refractivity (Wildman–Crippen MR) is 67.7 cm³/mol. The first kappa shape index (κ1) is 12.4. The summed E-state index contributed by atoms with van der Waals surface area (Å²) in [6.07, 6.45) is 6.13. The molecule has 1 saturated heterocycles. The maximum atomic E-state index is 12.4. The van der Waals surface area contributed by atoms with Crippen molar-refractivity contribution in [1.82, 2.24) is 9.80 Å². The summed E-state index contributed by atoms with van der Waals surface area (Å²) in [7, 11) is 3.26.